The summed E-state index contributed by atoms with van der Waals surface area (Å²) < 4.78 is 78.9. The van der Waals surface area contributed by atoms with Crippen LogP contribution in [0, 0.1) is 18.7 Å². The third kappa shape index (κ3) is 8.85. The monoisotopic (exact) mass is 621 g/mol. The third-order valence-electron chi connectivity index (χ3n) is 7.04. The number of alkyl halides is 3. The Bertz CT molecular complexity index is 1370. The van der Waals surface area contributed by atoms with E-state index >= 15 is 0 Å². The number of carbonyl (C=O) groups excluding carboxylic acids is 1. The Morgan fingerprint density at radius 1 is 1.15 bits per heavy atom. The molecule has 1 aliphatic heterocycles. The van der Waals surface area contributed by atoms with Crippen molar-refractivity contribution in [1.29, 1.82) is 0 Å². The third-order valence-corrected chi connectivity index (χ3v) is 9.68. The maximum Gasteiger partial charge on any atom is 0.490 e. The number of hydrogen-bond donors (Lipinski definition) is 2. The summed E-state index contributed by atoms with van der Waals surface area (Å²) in [6.07, 6.45) is -0.0904. The van der Waals surface area contributed by atoms with Crippen molar-refractivity contribution in [3.05, 3.63) is 45.2 Å². The van der Waals surface area contributed by atoms with Gasteiger partial charge >= 0.3 is 12.1 Å². The predicted molar refractivity (Wildman–Crippen MR) is 142 cm³/mol. The lowest BCUT2D eigenvalue weighted by atomic mass is 9.97. The van der Waals surface area contributed by atoms with Crippen molar-refractivity contribution >= 4 is 33.2 Å². The summed E-state index contributed by atoms with van der Waals surface area (Å²) in [5.74, 6) is -3.33. The highest BCUT2D eigenvalue weighted by molar-refractivity contribution is 7.91. The average Bonchev–Trinajstić information content (AvgIpc) is 3.81. The maximum absolute atomic E-state index is 14.8. The van der Waals surface area contributed by atoms with E-state index in [4.69, 9.17) is 14.6 Å². The van der Waals surface area contributed by atoms with Crippen molar-refractivity contribution in [2.45, 2.75) is 69.3 Å². The Labute approximate surface area is 239 Å². The smallest absolute Gasteiger partial charge is 0.490 e. The average molecular weight is 622 g/mol. The minimum absolute atomic E-state index is 0.227. The maximum atomic E-state index is 14.8. The van der Waals surface area contributed by atoms with Gasteiger partial charge in [0.05, 0.1) is 28.1 Å². The lowest BCUT2D eigenvalue weighted by Gasteiger charge is -2.31. The van der Waals surface area contributed by atoms with E-state index in [9.17, 15) is 30.8 Å². The Kier molecular flexibility index (Phi) is 9.59. The van der Waals surface area contributed by atoms with Crippen LogP contribution in [0.2, 0.25) is 0 Å². The van der Waals surface area contributed by atoms with E-state index in [1.807, 2.05) is 11.6 Å². The minimum atomic E-state index is -5.08. The minimum Gasteiger partial charge on any atom is -0.493 e. The molecule has 1 saturated heterocycles. The first-order valence-corrected chi connectivity index (χ1v) is 15.6. The number of ether oxygens (including phenoxy) is 1. The van der Waals surface area contributed by atoms with Gasteiger partial charge in [0.1, 0.15) is 11.6 Å². The number of carboxylic acids is 1. The van der Waals surface area contributed by atoms with Gasteiger partial charge in [-0.05, 0) is 82.0 Å². The summed E-state index contributed by atoms with van der Waals surface area (Å²) in [4.78, 5) is 28.4. The second-order valence-corrected chi connectivity index (χ2v) is 13.5. The fraction of sp³-hybridized carbons (Fsp3) is 0.577. The van der Waals surface area contributed by atoms with Crippen LogP contribution in [0.5, 0.6) is 5.75 Å². The molecule has 1 aromatic carbocycles. The molecule has 9 nitrogen and oxygen atoms in total. The zero-order valence-electron chi connectivity index (χ0n) is 22.2. The van der Waals surface area contributed by atoms with E-state index in [-0.39, 0.29) is 11.5 Å². The number of nitrogens with one attached hydrogen (secondary N) is 1. The molecule has 0 unspecified atom stereocenters. The number of hydrogen-bond acceptors (Lipinski definition) is 8. The van der Waals surface area contributed by atoms with Crippen LogP contribution >= 0.6 is 11.3 Å². The largest absolute Gasteiger partial charge is 0.493 e. The van der Waals surface area contributed by atoms with E-state index in [0.717, 1.165) is 61.6 Å². The first kappa shape index (κ1) is 31.2. The van der Waals surface area contributed by atoms with Crippen LogP contribution in [0.3, 0.4) is 0 Å². The SMILES string of the molecule is Cc1nc(CN2CCC(COc3cc(F)c(C(=O)NS(=O)(=O)C4CC4)cc3C3CC3)CC2)cs1.O=C(O)C(F)(F)F. The number of carboxylic acid groups (broad SMARTS) is 1. The number of piperidine rings is 1. The van der Waals surface area contributed by atoms with Gasteiger partial charge in [-0.1, -0.05) is 0 Å². The van der Waals surface area contributed by atoms with E-state index < -0.39 is 39.1 Å². The highest BCUT2D eigenvalue weighted by Crippen LogP contribution is 2.45. The van der Waals surface area contributed by atoms with Gasteiger partial charge in [-0.25, -0.2) is 27.3 Å². The van der Waals surface area contributed by atoms with Crippen molar-refractivity contribution in [2.75, 3.05) is 19.7 Å². The Hall–Kier alpha value is -2.78. The molecule has 3 fully saturated rings. The van der Waals surface area contributed by atoms with Gasteiger partial charge in [0.2, 0.25) is 10.0 Å². The van der Waals surface area contributed by atoms with Gasteiger partial charge in [0.15, 0.2) is 0 Å². The fourth-order valence-electron chi connectivity index (χ4n) is 4.46. The number of halogens is 4. The Balaban J connectivity index is 0.000000493. The molecule has 0 atom stereocenters. The molecule has 0 bridgehead atoms. The fourth-order valence-corrected chi connectivity index (χ4v) is 6.35. The molecule has 15 heteroatoms. The van der Waals surface area contributed by atoms with E-state index in [2.05, 4.69) is 15.3 Å². The molecule has 2 saturated carbocycles. The zero-order chi connectivity index (χ0) is 29.9. The summed E-state index contributed by atoms with van der Waals surface area (Å²) in [5, 5.41) is 9.79. The lowest BCUT2D eigenvalue weighted by molar-refractivity contribution is -0.192. The number of likely N-dealkylation sites (tertiary alicyclic amines) is 1. The molecule has 5 rings (SSSR count). The van der Waals surface area contributed by atoms with E-state index in [1.165, 1.54) is 12.1 Å². The number of carbonyl (C=O) groups is 2. The van der Waals surface area contributed by atoms with Crippen molar-refractivity contribution in [2.24, 2.45) is 5.92 Å². The summed E-state index contributed by atoms with van der Waals surface area (Å²) in [7, 11) is -3.73. The molecule has 41 heavy (non-hydrogen) atoms. The van der Waals surface area contributed by atoms with Crippen LogP contribution in [0.15, 0.2) is 17.5 Å². The number of benzene rings is 1. The number of aromatic nitrogens is 1. The molecule has 3 aliphatic rings. The molecule has 2 aromatic rings. The van der Waals surface area contributed by atoms with Gasteiger partial charge in [-0.2, -0.15) is 13.2 Å². The molecule has 2 N–H and O–H groups in total. The highest BCUT2D eigenvalue weighted by Gasteiger charge is 2.39. The van der Waals surface area contributed by atoms with Crippen LogP contribution in [0.1, 0.15) is 71.1 Å². The quantitative estimate of drug-likeness (QED) is 0.389. The second kappa shape index (κ2) is 12.6. The number of aryl methyl sites for hydroxylation is 1. The molecule has 226 valence electrons. The van der Waals surface area contributed by atoms with Gasteiger partial charge < -0.3 is 9.84 Å². The van der Waals surface area contributed by atoms with Crippen LogP contribution in [-0.2, 0) is 21.4 Å². The number of sulfonamides is 1. The van der Waals surface area contributed by atoms with Gasteiger partial charge in [-0.3, -0.25) is 9.69 Å². The molecule has 2 heterocycles. The summed E-state index contributed by atoms with van der Waals surface area (Å²) in [6.45, 7) is 5.34. The molecule has 1 aromatic heterocycles. The topological polar surface area (TPSA) is 126 Å². The molecule has 2 aliphatic carbocycles. The standard InChI is InChI=1S/C24H30FN3O4S2.C2HF3O2/c1-15-26-18(14-33-15)12-28-8-6-16(7-9-28)13-32-23-11-22(25)21(10-20(23)17-2-3-17)24(29)27-34(30,31)19-4-5-19;3-2(4,5)1(6)7/h10-11,14,16-17,19H,2-9,12-13H2,1H3,(H,27,29);(H,6,7). The second-order valence-electron chi connectivity index (χ2n) is 10.5. The Morgan fingerprint density at radius 2 is 1.78 bits per heavy atom. The van der Waals surface area contributed by atoms with Crippen LogP contribution in [0.25, 0.3) is 0 Å². The molecule has 0 radical (unpaired) electrons. The normalized spacial score (nSPS) is 18.4. The van der Waals surface area contributed by atoms with E-state index in [1.54, 1.807) is 11.3 Å². The van der Waals surface area contributed by atoms with Crippen LogP contribution in [0.4, 0.5) is 17.6 Å². The van der Waals surface area contributed by atoms with Crippen LogP contribution in [-0.4, -0.2) is 66.4 Å². The van der Waals surface area contributed by atoms with Gasteiger partial charge in [-0.15, -0.1) is 11.3 Å². The number of aliphatic carboxylic acids is 1. The zero-order valence-corrected chi connectivity index (χ0v) is 23.9. The van der Waals surface area contributed by atoms with Crippen molar-refractivity contribution in [3.8, 4) is 5.75 Å². The number of nitrogens with zero attached hydrogens (tertiary/aromatic N) is 2. The van der Waals surface area contributed by atoms with Crippen LogP contribution < -0.4 is 9.46 Å². The first-order valence-electron chi connectivity index (χ1n) is 13.2. The Morgan fingerprint density at radius 3 is 2.29 bits per heavy atom. The molecule has 0 spiro atoms. The number of amides is 1. The number of thiazole rings is 1. The highest BCUT2D eigenvalue weighted by atomic mass is 32.2. The first-order chi connectivity index (χ1) is 19.2. The summed E-state index contributed by atoms with van der Waals surface area (Å²) in [6, 6.07) is 2.74. The van der Waals surface area contributed by atoms with Crippen molar-refractivity contribution in [3.63, 3.8) is 0 Å². The van der Waals surface area contributed by atoms with Crippen molar-refractivity contribution in [1.82, 2.24) is 14.6 Å². The molecular formula is C26H31F4N3O6S2. The molecule has 1 amide bonds. The van der Waals surface area contributed by atoms with Gasteiger partial charge in [0, 0.05) is 18.0 Å². The lowest BCUT2D eigenvalue weighted by Crippen LogP contribution is -2.35. The van der Waals surface area contributed by atoms with Crippen molar-refractivity contribution < 1.29 is 45.4 Å². The van der Waals surface area contributed by atoms with Gasteiger partial charge in [0.25, 0.3) is 5.91 Å². The number of rotatable bonds is 9. The molecular weight excluding hydrogens is 590 g/mol. The summed E-state index contributed by atoms with van der Waals surface area (Å²) >= 11 is 1.68. The summed E-state index contributed by atoms with van der Waals surface area (Å²) in [5.41, 5.74) is 1.69. The van der Waals surface area contributed by atoms with E-state index in [0.29, 0.717) is 31.1 Å². The predicted octanol–water partition coefficient (Wildman–Crippen LogP) is 4.61.